The zero-order valence-corrected chi connectivity index (χ0v) is 11.8. The van der Waals surface area contributed by atoms with E-state index in [0.717, 1.165) is 18.9 Å². The van der Waals surface area contributed by atoms with Gasteiger partial charge in [0, 0.05) is 24.7 Å². The van der Waals surface area contributed by atoms with Gasteiger partial charge in [-0.15, -0.1) is 0 Å². The maximum atomic E-state index is 13.7. The topological polar surface area (TPSA) is 61.6 Å². The van der Waals surface area contributed by atoms with E-state index in [1.165, 1.54) is 12.1 Å². The van der Waals surface area contributed by atoms with Crippen LogP contribution < -0.4 is 4.74 Å². The second-order valence-electron chi connectivity index (χ2n) is 4.93. The number of benzene rings is 1. The highest BCUT2D eigenvalue weighted by molar-refractivity contribution is 7.80. The molecule has 0 atom stereocenters. The van der Waals surface area contributed by atoms with Crippen LogP contribution in [-0.4, -0.2) is 30.5 Å². The summed E-state index contributed by atoms with van der Waals surface area (Å²) in [5.41, 5.74) is -0.417. The molecule has 5 nitrogen and oxygen atoms in total. The van der Waals surface area contributed by atoms with E-state index in [1.54, 1.807) is 0 Å². The van der Waals surface area contributed by atoms with Gasteiger partial charge in [-0.3, -0.25) is 10.1 Å². The van der Waals surface area contributed by atoms with Crippen molar-refractivity contribution in [3.8, 4) is 5.75 Å². The molecule has 7 heteroatoms. The van der Waals surface area contributed by atoms with Gasteiger partial charge >= 0.3 is 0 Å². The van der Waals surface area contributed by atoms with Crippen LogP contribution in [0.15, 0.2) is 18.2 Å². The monoisotopic (exact) mass is 301 g/mol. The lowest BCUT2D eigenvalue weighted by atomic mass is 9.83. The van der Waals surface area contributed by atoms with Crippen molar-refractivity contribution >= 4 is 18.3 Å². The summed E-state index contributed by atoms with van der Waals surface area (Å²) >= 11 is 4.35. The molecular formula is C13H16FNO4S. The molecule has 1 aromatic carbocycles. The normalized spacial score (nSPS) is 17.7. The Morgan fingerprint density at radius 1 is 1.45 bits per heavy atom. The number of rotatable bonds is 5. The van der Waals surface area contributed by atoms with Gasteiger partial charge in [0.25, 0.3) is 5.69 Å². The Bertz CT molecular complexity index is 491. The molecule has 0 radical (unpaired) electrons. The van der Waals surface area contributed by atoms with Crippen molar-refractivity contribution in [3.63, 3.8) is 0 Å². The highest BCUT2D eigenvalue weighted by atomic mass is 32.1. The van der Waals surface area contributed by atoms with Gasteiger partial charge in [0.1, 0.15) is 0 Å². The van der Waals surface area contributed by atoms with Gasteiger partial charge in [-0.2, -0.15) is 12.6 Å². The van der Waals surface area contributed by atoms with Gasteiger partial charge in [0.15, 0.2) is 11.6 Å². The van der Waals surface area contributed by atoms with Crippen LogP contribution in [0.3, 0.4) is 0 Å². The average molecular weight is 301 g/mol. The van der Waals surface area contributed by atoms with Gasteiger partial charge < -0.3 is 9.47 Å². The van der Waals surface area contributed by atoms with Crippen molar-refractivity contribution in [2.75, 3.05) is 25.6 Å². The first kappa shape index (κ1) is 15.1. The summed E-state index contributed by atoms with van der Waals surface area (Å²) in [4.78, 5) is 9.90. The molecule has 0 aromatic heterocycles. The number of nitro benzene ring substituents is 1. The summed E-state index contributed by atoms with van der Waals surface area (Å²) in [5.74, 6) is -0.0610. The second-order valence-corrected chi connectivity index (χ2v) is 5.25. The molecule has 2 rings (SSSR count). The Morgan fingerprint density at radius 3 is 2.70 bits per heavy atom. The van der Waals surface area contributed by atoms with E-state index >= 15 is 0 Å². The number of halogens is 1. The summed E-state index contributed by atoms with van der Waals surface area (Å²) in [7, 11) is 0. The molecule has 1 saturated heterocycles. The van der Waals surface area contributed by atoms with Gasteiger partial charge in [0.2, 0.25) is 0 Å². The lowest BCUT2D eigenvalue weighted by molar-refractivity contribution is -0.385. The summed E-state index contributed by atoms with van der Waals surface area (Å²) < 4.78 is 24.5. The van der Waals surface area contributed by atoms with Crippen LogP contribution in [0.4, 0.5) is 10.1 Å². The number of hydrogen-bond donors (Lipinski definition) is 1. The van der Waals surface area contributed by atoms with Crippen LogP contribution in [0.5, 0.6) is 5.75 Å². The van der Waals surface area contributed by atoms with E-state index in [-0.39, 0.29) is 16.9 Å². The molecular weight excluding hydrogens is 285 g/mol. The number of nitro groups is 1. The fourth-order valence-electron chi connectivity index (χ4n) is 2.10. The molecule has 0 aliphatic carbocycles. The molecule has 1 heterocycles. The van der Waals surface area contributed by atoms with Crippen LogP contribution in [0.1, 0.15) is 12.8 Å². The maximum absolute atomic E-state index is 13.7. The predicted molar refractivity (Wildman–Crippen MR) is 74.9 cm³/mol. The predicted octanol–water partition coefficient (Wildman–Crippen LogP) is 2.84. The van der Waals surface area contributed by atoms with Crippen LogP contribution in [0.25, 0.3) is 0 Å². The maximum Gasteiger partial charge on any atom is 0.272 e. The van der Waals surface area contributed by atoms with Gasteiger partial charge in [-0.05, 0) is 24.7 Å². The van der Waals surface area contributed by atoms with Crippen LogP contribution in [0.2, 0.25) is 0 Å². The van der Waals surface area contributed by atoms with Crippen LogP contribution in [0, 0.1) is 21.3 Å². The summed E-state index contributed by atoms with van der Waals surface area (Å²) in [6, 6.07) is 3.39. The molecule has 0 bridgehead atoms. The number of non-ortho nitro benzene ring substituents is 1. The zero-order chi connectivity index (χ0) is 14.6. The Labute approximate surface area is 121 Å². The number of thiol groups is 1. The van der Waals surface area contributed by atoms with E-state index in [1.807, 2.05) is 0 Å². The van der Waals surface area contributed by atoms with Crippen LogP contribution >= 0.6 is 12.6 Å². The Morgan fingerprint density at radius 2 is 2.15 bits per heavy atom. The summed E-state index contributed by atoms with van der Waals surface area (Å²) in [6.45, 7) is 1.62. The standard InChI is InChI=1S/C13H16FNO4S/c14-11-7-10(15(16)17)1-2-12(11)19-8-13(9-20)3-5-18-6-4-13/h1-2,7,20H,3-6,8-9H2. The minimum Gasteiger partial charge on any atom is -0.490 e. The molecule has 0 N–H and O–H groups in total. The van der Waals surface area contributed by atoms with Crippen molar-refractivity contribution in [1.29, 1.82) is 0 Å². The highest BCUT2D eigenvalue weighted by Gasteiger charge is 2.32. The molecule has 0 amide bonds. The first-order chi connectivity index (χ1) is 9.56. The molecule has 1 aliphatic rings. The molecule has 0 unspecified atom stereocenters. The minimum atomic E-state index is -0.722. The Balaban J connectivity index is 2.04. The average Bonchev–Trinajstić information content (AvgIpc) is 2.47. The SMILES string of the molecule is O=[N+]([O-])c1ccc(OCC2(CS)CCOCC2)c(F)c1. The second kappa shape index (κ2) is 6.41. The molecule has 20 heavy (non-hydrogen) atoms. The van der Waals surface area contributed by atoms with Gasteiger partial charge in [-0.1, -0.05) is 0 Å². The third-order valence-electron chi connectivity index (χ3n) is 3.55. The summed E-state index contributed by atoms with van der Waals surface area (Å²) in [6.07, 6.45) is 1.62. The van der Waals surface area contributed by atoms with E-state index in [0.29, 0.717) is 25.6 Å². The van der Waals surface area contributed by atoms with E-state index < -0.39 is 10.7 Å². The van der Waals surface area contributed by atoms with Crippen molar-refractivity contribution in [3.05, 3.63) is 34.1 Å². The summed E-state index contributed by atoms with van der Waals surface area (Å²) in [5, 5.41) is 10.5. The molecule has 1 aliphatic heterocycles. The van der Waals surface area contributed by atoms with E-state index in [9.17, 15) is 14.5 Å². The van der Waals surface area contributed by atoms with E-state index in [2.05, 4.69) is 12.6 Å². The fraction of sp³-hybridized carbons (Fsp3) is 0.538. The molecule has 110 valence electrons. The van der Waals surface area contributed by atoms with Crippen molar-refractivity contribution in [2.45, 2.75) is 12.8 Å². The van der Waals surface area contributed by atoms with E-state index in [4.69, 9.17) is 9.47 Å². The number of hydrogen-bond acceptors (Lipinski definition) is 5. The zero-order valence-electron chi connectivity index (χ0n) is 10.9. The first-order valence-corrected chi connectivity index (χ1v) is 6.95. The Hall–Kier alpha value is -1.34. The fourth-order valence-corrected chi connectivity index (χ4v) is 2.51. The van der Waals surface area contributed by atoms with Gasteiger partial charge in [-0.25, -0.2) is 4.39 Å². The highest BCUT2D eigenvalue weighted by Crippen LogP contribution is 2.33. The van der Waals surface area contributed by atoms with Crippen molar-refractivity contribution in [2.24, 2.45) is 5.41 Å². The van der Waals surface area contributed by atoms with Gasteiger partial charge in [0.05, 0.1) is 17.6 Å². The molecule has 0 saturated carbocycles. The minimum absolute atomic E-state index is 0.0308. The lowest BCUT2D eigenvalue weighted by Gasteiger charge is -2.35. The first-order valence-electron chi connectivity index (χ1n) is 6.32. The Kier molecular flexibility index (Phi) is 4.82. The van der Waals surface area contributed by atoms with Crippen molar-refractivity contribution in [1.82, 2.24) is 0 Å². The third kappa shape index (κ3) is 3.40. The smallest absolute Gasteiger partial charge is 0.272 e. The largest absolute Gasteiger partial charge is 0.490 e. The molecule has 1 aromatic rings. The number of ether oxygens (including phenoxy) is 2. The van der Waals surface area contributed by atoms with Crippen molar-refractivity contribution < 1.29 is 18.8 Å². The number of nitrogens with zero attached hydrogens (tertiary/aromatic N) is 1. The molecule has 0 spiro atoms. The lowest BCUT2D eigenvalue weighted by Crippen LogP contribution is -2.37. The third-order valence-corrected chi connectivity index (χ3v) is 4.22. The molecule has 1 fully saturated rings. The quantitative estimate of drug-likeness (QED) is 0.516. The van der Waals surface area contributed by atoms with Crippen LogP contribution in [-0.2, 0) is 4.74 Å².